The highest BCUT2D eigenvalue weighted by molar-refractivity contribution is 6.02. The molecule has 0 fully saturated rings. The zero-order valence-electron chi connectivity index (χ0n) is 13.7. The van der Waals surface area contributed by atoms with E-state index in [2.05, 4.69) is 47.7 Å². The highest BCUT2D eigenvalue weighted by atomic mass is 16.3. The van der Waals surface area contributed by atoms with Crippen molar-refractivity contribution in [2.24, 2.45) is 0 Å². The van der Waals surface area contributed by atoms with Gasteiger partial charge in [0.15, 0.2) is 5.76 Å². The Morgan fingerprint density at radius 3 is 2.71 bits per heavy atom. The third-order valence-corrected chi connectivity index (χ3v) is 3.76. The van der Waals surface area contributed by atoms with E-state index in [-0.39, 0.29) is 11.7 Å². The molecule has 2 aromatic heterocycles. The van der Waals surface area contributed by atoms with Crippen molar-refractivity contribution in [3.63, 3.8) is 0 Å². The monoisotopic (exact) mass is 321 g/mol. The predicted molar refractivity (Wildman–Crippen MR) is 94.7 cm³/mol. The largest absolute Gasteiger partial charge is 0.459 e. The molecule has 0 radical (unpaired) electrons. The third-order valence-electron chi connectivity index (χ3n) is 3.76. The quantitative estimate of drug-likeness (QED) is 0.724. The Bertz CT molecular complexity index is 824. The first-order valence-corrected chi connectivity index (χ1v) is 7.84. The summed E-state index contributed by atoms with van der Waals surface area (Å²) in [6, 6.07) is 13.2. The molecule has 24 heavy (non-hydrogen) atoms. The Labute approximate surface area is 140 Å². The van der Waals surface area contributed by atoms with Crippen molar-refractivity contribution in [1.29, 1.82) is 0 Å². The number of rotatable bonds is 5. The minimum absolute atomic E-state index is 0.268. The van der Waals surface area contributed by atoms with Gasteiger partial charge in [0.1, 0.15) is 5.82 Å². The van der Waals surface area contributed by atoms with Gasteiger partial charge in [-0.25, -0.2) is 4.98 Å². The van der Waals surface area contributed by atoms with Crippen molar-refractivity contribution in [3.05, 3.63) is 71.8 Å². The van der Waals surface area contributed by atoms with Crippen LogP contribution in [0.1, 0.15) is 28.6 Å². The first kappa shape index (κ1) is 15.8. The third kappa shape index (κ3) is 3.46. The van der Waals surface area contributed by atoms with Crippen molar-refractivity contribution in [1.82, 2.24) is 4.98 Å². The summed E-state index contributed by atoms with van der Waals surface area (Å²) >= 11 is 0. The lowest BCUT2D eigenvalue weighted by Gasteiger charge is -2.13. The van der Waals surface area contributed by atoms with Crippen molar-refractivity contribution in [2.45, 2.75) is 20.3 Å². The summed E-state index contributed by atoms with van der Waals surface area (Å²) in [4.78, 5) is 16.3. The lowest BCUT2D eigenvalue weighted by atomic mass is 10.1. The molecular weight excluding hydrogens is 302 g/mol. The molecule has 3 rings (SSSR count). The second-order valence-corrected chi connectivity index (χ2v) is 5.45. The van der Waals surface area contributed by atoms with Crippen molar-refractivity contribution in [3.8, 4) is 0 Å². The van der Waals surface area contributed by atoms with Crippen LogP contribution in [-0.2, 0) is 6.42 Å². The Kier molecular flexibility index (Phi) is 4.61. The van der Waals surface area contributed by atoms with Crippen LogP contribution in [0.2, 0.25) is 0 Å². The highest BCUT2D eigenvalue weighted by Crippen LogP contribution is 2.25. The van der Waals surface area contributed by atoms with Crippen molar-refractivity contribution in [2.75, 3.05) is 10.6 Å². The van der Waals surface area contributed by atoms with E-state index in [1.807, 2.05) is 6.07 Å². The summed E-state index contributed by atoms with van der Waals surface area (Å²) in [5.74, 6) is 0.703. The zero-order valence-corrected chi connectivity index (χ0v) is 13.7. The summed E-state index contributed by atoms with van der Waals surface area (Å²) in [7, 11) is 0. The molecule has 1 amide bonds. The molecule has 1 aromatic carbocycles. The summed E-state index contributed by atoms with van der Waals surface area (Å²) in [5, 5.41) is 6.10. The summed E-state index contributed by atoms with van der Waals surface area (Å²) < 4.78 is 5.06. The SMILES string of the molecule is CCc1cccc(C)c1Nc1ccc(NC(=O)c2ccco2)cn1. The van der Waals surface area contributed by atoms with E-state index in [1.165, 1.54) is 17.4 Å². The number of para-hydroxylation sites is 1. The maximum atomic E-state index is 11.9. The molecule has 0 aliphatic heterocycles. The molecule has 0 aliphatic rings. The average molecular weight is 321 g/mol. The second kappa shape index (κ2) is 7.00. The van der Waals surface area contributed by atoms with Crippen LogP contribution in [0.25, 0.3) is 0 Å². The number of aryl methyl sites for hydroxylation is 2. The van der Waals surface area contributed by atoms with Crippen molar-refractivity contribution < 1.29 is 9.21 Å². The summed E-state index contributed by atoms with van der Waals surface area (Å²) in [6.45, 7) is 4.19. The molecule has 3 aromatic rings. The number of pyridine rings is 1. The molecule has 5 heteroatoms. The molecule has 0 saturated heterocycles. The molecule has 0 spiro atoms. The fourth-order valence-electron chi connectivity index (χ4n) is 2.47. The maximum Gasteiger partial charge on any atom is 0.291 e. The van der Waals surface area contributed by atoms with Crippen molar-refractivity contribution >= 4 is 23.1 Å². The Hall–Kier alpha value is -3.08. The van der Waals surface area contributed by atoms with Crippen LogP contribution in [0.3, 0.4) is 0 Å². The van der Waals surface area contributed by atoms with Gasteiger partial charge in [0.05, 0.1) is 18.1 Å². The number of furan rings is 1. The molecule has 0 bridgehead atoms. The number of hydrogen-bond acceptors (Lipinski definition) is 4. The lowest BCUT2D eigenvalue weighted by molar-refractivity contribution is 0.0996. The van der Waals surface area contributed by atoms with Gasteiger partial charge in [-0.15, -0.1) is 0 Å². The molecule has 0 atom stereocenters. The first-order chi connectivity index (χ1) is 11.7. The van der Waals surface area contributed by atoms with Gasteiger partial charge in [0.2, 0.25) is 0 Å². The van der Waals surface area contributed by atoms with E-state index >= 15 is 0 Å². The van der Waals surface area contributed by atoms with Crippen LogP contribution in [-0.4, -0.2) is 10.9 Å². The summed E-state index contributed by atoms with van der Waals surface area (Å²) in [5.41, 5.74) is 4.11. The second-order valence-electron chi connectivity index (χ2n) is 5.45. The Morgan fingerprint density at radius 1 is 1.17 bits per heavy atom. The van der Waals surface area contributed by atoms with Gasteiger partial charge in [-0.2, -0.15) is 0 Å². The van der Waals surface area contributed by atoms with Crippen LogP contribution in [0.4, 0.5) is 17.2 Å². The van der Waals surface area contributed by atoms with E-state index in [9.17, 15) is 4.79 Å². The van der Waals surface area contributed by atoms with E-state index in [4.69, 9.17) is 4.42 Å². The summed E-state index contributed by atoms with van der Waals surface area (Å²) in [6.07, 6.45) is 4.03. The van der Waals surface area contributed by atoms with Gasteiger partial charge in [0, 0.05) is 5.69 Å². The molecule has 0 aliphatic carbocycles. The molecule has 2 heterocycles. The van der Waals surface area contributed by atoms with Gasteiger partial charge in [0.25, 0.3) is 5.91 Å². The van der Waals surface area contributed by atoms with Crippen LogP contribution in [0.15, 0.2) is 59.3 Å². The number of benzene rings is 1. The fraction of sp³-hybridized carbons (Fsp3) is 0.158. The van der Waals surface area contributed by atoms with E-state index in [0.717, 1.165) is 17.9 Å². The van der Waals surface area contributed by atoms with Gasteiger partial charge in [-0.1, -0.05) is 25.1 Å². The zero-order chi connectivity index (χ0) is 16.9. The van der Waals surface area contributed by atoms with Gasteiger partial charge >= 0.3 is 0 Å². The molecule has 5 nitrogen and oxygen atoms in total. The van der Waals surface area contributed by atoms with E-state index < -0.39 is 0 Å². The van der Waals surface area contributed by atoms with E-state index in [0.29, 0.717) is 5.69 Å². The topological polar surface area (TPSA) is 67.2 Å². The molecule has 0 saturated carbocycles. The standard InChI is InChI=1S/C19H19N3O2/c1-3-14-7-4-6-13(2)18(14)22-17-10-9-15(12-20-17)21-19(23)16-8-5-11-24-16/h4-12H,3H2,1-2H3,(H,20,22)(H,21,23). The smallest absolute Gasteiger partial charge is 0.291 e. The number of hydrogen-bond donors (Lipinski definition) is 2. The number of anilines is 3. The van der Waals surface area contributed by atoms with Crippen LogP contribution in [0.5, 0.6) is 0 Å². The molecular formula is C19H19N3O2. The van der Waals surface area contributed by atoms with Crippen LogP contribution < -0.4 is 10.6 Å². The van der Waals surface area contributed by atoms with Crippen LogP contribution >= 0.6 is 0 Å². The Morgan fingerprint density at radius 2 is 2.04 bits per heavy atom. The lowest BCUT2D eigenvalue weighted by Crippen LogP contribution is -2.11. The molecule has 122 valence electrons. The Balaban J connectivity index is 1.72. The minimum atomic E-state index is -0.297. The van der Waals surface area contributed by atoms with E-state index in [1.54, 1.807) is 24.4 Å². The average Bonchev–Trinajstić information content (AvgIpc) is 3.13. The number of aromatic nitrogens is 1. The highest BCUT2D eigenvalue weighted by Gasteiger charge is 2.09. The number of carbonyl (C=O) groups is 1. The van der Waals surface area contributed by atoms with Crippen LogP contribution in [0, 0.1) is 6.92 Å². The van der Waals surface area contributed by atoms with Gasteiger partial charge in [-0.05, 0) is 48.7 Å². The number of nitrogens with zero attached hydrogens (tertiary/aromatic N) is 1. The van der Waals surface area contributed by atoms with Gasteiger partial charge < -0.3 is 15.1 Å². The fourth-order valence-corrected chi connectivity index (χ4v) is 2.47. The normalized spacial score (nSPS) is 10.4. The molecule has 2 N–H and O–H groups in total. The number of carbonyl (C=O) groups excluding carboxylic acids is 1. The molecule has 0 unspecified atom stereocenters. The maximum absolute atomic E-state index is 11.9. The first-order valence-electron chi connectivity index (χ1n) is 7.84. The predicted octanol–water partition coefficient (Wildman–Crippen LogP) is 4.54. The number of amides is 1. The van der Waals surface area contributed by atoms with Gasteiger partial charge in [-0.3, -0.25) is 4.79 Å². The minimum Gasteiger partial charge on any atom is -0.459 e. The number of nitrogens with one attached hydrogen (secondary N) is 2.